The molecule has 0 aliphatic rings. The van der Waals surface area contributed by atoms with Crippen molar-refractivity contribution in [3.63, 3.8) is 0 Å². The van der Waals surface area contributed by atoms with Crippen molar-refractivity contribution < 1.29 is 14.3 Å². The van der Waals surface area contributed by atoms with Crippen LogP contribution in [0.25, 0.3) is 11.0 Å². The van der Waals surface area contributed by atoms with Crippen molar-refractivity contribution in [1.29, 1.82) is 0 Å². The number of hydrogen-bond donors (Lipinski definition) is 1. The Kier molecular flexibility index (Phi) is 1.59. The number of aryl methyl sites for hydroxylation is 1. The molecule has 0 aliphatic carbocycles. The lowest BCUT2D eigenvalue weighted by Gasteiger charge is -1.89. The Hall–Kier alpha value is -1.77. The van der Waals surface area contributed by atoms with Crippen LogP contribution >= 0.6 is 0 Å². The quantitative estimate of drug-likeness (QED) is 0.678. The molecule has 0 saturated heterocycles. The molecule has 2 aromatic rings. The zero-order valence-electron chi connectivity index (χ0n) is 7.07. The molecule has 1 aromatic carbocycles. The van der Waals surface area contributed by atoms with Crippen molar-refractivity contribution in [3.8, 4) is 5.75 Å². The zero-order chi connectivity index (χ0) is 9.42. The van der Waals surface area contributed by atoms with Crippen molar-refractivity contribution in [2.45, 2.75) is 6.92 Å². The molecule has 0 unspecified atom stereocenters. The molecule has 0 spiro atoms. The Morgan fingerprint density at radius 2 is 2.23 bits per heavy atom. The lowest BCUT2D eigenvalue weighted by atomic mass is 10.1. The van der Waals surface area contributed by atoms with Gasteiger partial charge in [-0.2, -0.15) is 0 Å². The van der Waals surface area contributed by atoms with E-state index in [4.69, 9.17) is 9.52 Å². The molecule has 0 atom stereocenters. The summed E-state index contributed by atoms with van der Waals surface area (Å²) in [6.45, 7) is 1.72. The molecule has 0 fully saturated rings. The van der Waals surface area contributed by atoms with Crippen LogP contribution < -0.4 is 0 Å². The first-order chi connectivity index (χ1) is 6.22. The minimum atomic E-state index is 0.138. The molecule has 0 bridgehead atoms. The highest BCUT2D eigenvalue weighted by Gasteiger charge is 2.09. The molecular weight excluding hydrogens is 168 g/mol. The molecule has 1 N–H and O–H groups in total. The van der Waals surface area contributed by atoms with E-state index in [2.05, 4.69) is 0 Å². The summed E-state index contributed by atoms with van der Waals surface area (Å²) in [5.74, 6) is 0.717. The van der Waals surface area contributed by atoms with E-state index in [1.165, 1.54) is 12.1 Å². The van der Waals surface area contributed by atoms with Crippen molar-refractivity contribution in [3.05, 3.63) is 29.5 Å². The van der Waals surface area contributed by atoms with Crippen LogP contribution in [-0.2, 0) is 0 Å². The number of fused-ring (bicyclic) bond motifs is 1. The maximum Gasteiger partial charge on any atom is 0.154 e. The molecule has 66 valence electrons. The molecule has 2 rings (SSSR count). The summed E-state index contributed by atoms with van der Waals surface area (Å²) in [7, 11) is 0. The van der Waals surface area contributed by atoms with Gasteiger partial charge >= 0.3 is 0 Å². The minimum Gasteiger partial charge on any atom is -0.508 e. The van der Waals surface area contributed by atoms with Crippen LogP contribution in [0.15, 0.2) is 22.6 Å². The van der Waals surface area contributed by atoms with Gasteiger partial charge < -0.3 is 9.52 Å². The van der Waals surface area contributed by atoms with Crippen molar-refractivity contribution >= 4 is 17.3 Å². The van der Waals surface area contributed by atoms with Gasteiger partial charge in [-0.05, 0) is 19.1 Å². The van der Waals surface area contributed by atoms with Crippen LogP contribution in [0.5, 0.6) is 5.75 Å². The number of rotatable bonds is 1. The highest BCUT2D eigenvalue weighted by atomic mass is 16.3. The number of phenols is 1. The molecule has 3 nitrogen and oxygen atoms in total. The Labute approximate surface area is 74.6 Å². The Morgan fingerprint density at radius 1 is 1.46 bits per heavy atom. The number of furan rings is 1. The molecule has 13 heavy (non-hydrogen) atoms. The van der Waals surface area contributed by atoms with Gasteiger partial charge in [-0.25, -0.2) is 0 Å². The van der Waals surface area contributed by atoms with E-state index in [1.807, 2.05) is 0 Å². The number of hydrogen-bond acceptors (Lipinski definition) is 3. The van der Waals surface area contributed by atoms with Crippen LogP contribution in [0.1, 0.15) is 16.1 Å². The van der Waals surface area contributed by atoms with Crippen molar-refractivity contribution in [1.82, 2.24) is 0 Å². The molecule has 0 amide bonds. The van der Waals surface area contributed by atoms with Crippen molar-refractivity contribution in [2.24, 2.45) is 0 Å². The summed E-state index contributed by atoms with van der Waals surface area (Å²) in [6.07, 6.45) is 0.762. The van der Waals surface area contributed by atoms with Crippen LogP contribution in [-0.4, -0.2) is 11.4 Å². The summed E-state index contributed by atoms with van der Waals surface area (Å²) in [4.78, 5) is 10.7. The maximum atomic E-state index is 10.7. The van der Waals surface area contributed by atoms with Gasteiger partial charge in [0, 0.05) is 11.5 Å². The third-order valence-electron chi connectivity index (χ3n) is 2.02. The molecular formula is C10H8O3. The van der Waals surface area contributed by atoms with Crippen LogP contribution in [0.4, 0.5) is 0 Å². The largest absolute Gasteiger partial charge is 0.508 e. The second-order valence-electron chi connectivity index (χ2n) is 2.87. The standard InChI is InChI=1S/C10H8O3/c1-6-9(5-11)8-3-2-7(12)4-10(8)13-6/h2-5,12H,1H3. The first-order valence-corrected chi connectivity index (χ1v) is 3.89. The lowest BCUT2D eigenvalue weighted by molar-refractivity contribution is 0.112. The van der Waals surface area contributed by atoms with E-state index in [0.717, 1.165) is 11.7 Å². The molecule has 1 heterocycles. The predicted octanol–water partition coefficient (Wildman–Crippen LogP) is 2.26. The fourth-order valence-corrected chi connectivity index (χ4v) is 1.37. The summed E-state index contributed by atoms with van der Waals surface area (Å²) < 4.78 is 5.28. The van der Waals surface area contributed by atoms with Crippen molar-refractivity contribution in [2.75, 3.05) is 0 Å². The fraction of sp³-hybridized carbons (Fsp3) is 0.100. The lowest BCUT2D eigenvalue weighted by Crippen LogP contribution is -1.78. The van der Waals surface area contributed by atoms with E-state index >= 15 is 0 Å². The molecule has 3 heteroatoms. The van der Waals surface area contributed by atoms with Crippen LogP contribution in [0, 0.1) is 6.92 Å². The second kappa shape index (κ2) is 2.62. The number of carbonyl (C=O) groups is 1. The highest BCUT2D eigenvalue weighted by Crippen LogP contribution is 2.26. The van der Waals surface area contributed by atoms with E-state index in [9.17, 15) is 4.79 Å². The topological polar surface area (TPSA) is 50.4 Å². The van der Waals surface area contributed by atoms with Gasteiger partial charge in [0.25, 0.3) is 0 Å². The molecule has 1 aromatic heterocycles. The van der Waals surface area contributed by atoms with E-state index in [0.29, 0.717) is 16.9 Å². The normalized spacial score (nSPS) is 10.5. The predicted molar refractivity (Wildman–Crippen MR) is 48.0 cm³/mol. The molecule has 0 saturated carbocycles. The van der Waals surface area contributed by atoms with Crippen LogP contribution in [0.2, 0.25) is 0 Å². The third-order valence-corrected chi connectivity index (χ3v) is 2.02. The molecule has 0 aliphatic heterocycles. The smallest absolute Gasteiger partial charge is 0.154 e. The fourth-order valence-electron chi connectivity index (χ4n) is 1.37. The summed E-state index contributed by atoms with van der Waals surface area (Å²) in [5, 5.41) is 9.90. The highest BCUT2D eigenvalue weighted by molar-refractivity contribution is 5.97. The van der Waals surface area contributed by atoms with E-state index in [1.54, 1.807) is 13.0 Å². The van der Waals surface area contributed by atoms with Gasteiger partial charge in [0.15, 0.2) is 6.29 Å². The average molecular weight is 176 g/mol. The summed E-state index contributed by atoms with van der Waals surface area (Å²) >= 11 is 0. The van der Waals surface area contributed by atoms with Gasteiger partial charge in [0.1, 0.15) is 17.1 Å². The number of benzene rings is 1. The van der Waals surface area contributed by atoms with Gasteiger partial charge in [-0.15, -0.1) is 0 Å². The number of carbonyl (C=O) groups excluding carboxylic acids is 1. The van der Waals surface area contributed by atoms with E-state index < -0.39 is 0 Å². The first kappa shape index (κ1) is 7.86. The summed E-state index contributed by atoms with van der Waals surface area (Å²) in [6, 6.07) is 4.70. The number of phenolic OH excluding ortho intramolecular Hbond substituents is 1. The zero-order valence-corrected chi connectivity index (χ0v) is 7.07. The SMILES string of the molecule is Cc1oc2cc(O)ccc2c1C=O. The minimum absolute atomic E-state index is 0.138. The molecule has 0 radical (unpaired) electrons. The monoisotopic (exact) mass is 176 g/mol. The first-order valence-electron chi connectivity index (χ1n) is 3.89. The Bertz CT molecular complexity index is 468. The Morgan fingerprint density at radius 3 is 2.92 bits per heavy atom. The van der Waals surface area contributed by atoms with Gasteiger partial charge in [-0.1, -0.05) is 0 Å². The number of aldehydes is 1. The second-order valence-corrected chi connectivity index (χ2v) is 2.87. The summed E-state index contributed by atoms with van der Waals surface area (Å²) in [5.41, 5.74) is 1.09. The number of aromatic hydroxyl groups is 1. The van der Waals surface area contributed by atoms with Gasteiger partial charge in [0.05, 0.1) is 5.56 Å². The van der Waals surface area contributed by atoms with Gasteiger partial charge in [-0.3, -0.25) is 4.79 Å². The maximum absolute atomic E-state index is 10.7. The third kappa shape index (κ3) is 1.09. The van der Waals surface area contributed by atoms with E-state index in [-0.39, 0.29) is 5.75 Å². The average Bonchev–Trinajstić information content (AvgIpc) is 2.39. The van der Waals surface area contributed by atoms with Gasteiger partial charge in [0.2, 0.25) is 0 Å². The Balaban J connectivity index is 2.86. The van der Waals surface area contributed by atoms with Crippen LogP contribution in [0.3, 0.4) is 0 Å².